The van der Waals surface area contributed by atoms with E-state index in [9.17, 15) is 9.18 Å². The molecule has 8 heteroatoms. The predicted octanol–water partition coefficient (Wildman–Crippen LogP) is 2.20. The van der Waals surface area contributed by atoms with Crippen molar-refractivity contribution in [3.05, 3.63) is 54.6 Å². The van der Waals surface area contributed by atoms with E-state index in [1.54, 1.807) is 29.4 Å². The molecular weight excluding hydrogens is 359 g/mol. The molecule has 0 fully saturated rings. The second-order valence-corrected chi connectivity index (χ2v) is 6.88. The molecular formula is C20H21FN6O. The Morgan fingerprint density at radius 3 is 2.54 bits per heavy atom. The van der Waals surface area contributed by atoms with Gasteiger partial charge >= 0.3 is 0 Å². The first-order valence-electron chi connectivity index (χ1n) is 9.02. The molecule has 7 nitrogen and oxygen atoms in total. The zero-order valence-corrected chi connectivity index (χ0v) is 15.8. The van der Waals surface area contributed by atoms with Crippen LogP contribution < -0.4 is 10.3 Å². The zero-order valence-electron chi connectivity index (χ0n) is 15.8. The van der Waals surface area contributed by atoms with Crippen LogP contribution in [0.4, 0.5) is 10.3 Å². The molecule has 1 N–H and O–H groups in total. The molecule has 0 atom stereocenters. The van der Waals surface area contributed by atoms with E-state index in [2.05, 4.69) is 10.4 Å². The van der Waals surface area contributed by atoms with Gasteiger partial charge in [-0.25, -0.2) is 14.1 Å². The van der Waals surface area contributed by atoms with Gasteiger partial charge in [-0.15, -0.1) is 0 Å². The molecule has 1 aliphatic heterocycles. The van der Waals surface area contributed by atoms with Gasteiger partial charge in [0.25, 0.3) is 0 Å². The number of nitrogens with one attached hydrogen (secondary N) is 1. The Morgan fingerprint density at radius 2 is 1.86 bits per heavy atom. The number of benzene rings is 1. The van der Waals surface area contributed by atoms with Crippen LogP contribution >= 0.6 is 0 Å². The maximum Gasteiger partial charge on any atom is 0.243 e. The number of imidazole rings is 1. The Bertz CT molecular complexity index is 984. The van der Waals surface area contributed by atoms with E-state index in [4.69, 9.17) is 4.98 Å². The topological polar surface area (TPSA) is 66.3 Å². The number of rotatable bonds is 4. The molecule has 28 heavy (non-hydrogen) atoms. The average molecular weight is 380 g/mol. The number of carbonyl (C=O) groups excluding carboxylic acids is 1. The molecule has 1 aliphatic rings. The van der Waals surface area contributed by atoms with E-state index >= 15 is 0 Å². The fourth-order valence-corrected chi connectivity index (χ4v) is 3.29. The maximum atomic E-state index is 13.4. The molecule has 4 rings (SSSR count). The summed E-state index contributed by atoms with van der Waals surface area (Å²) in [5.41, 5.74) is 6.49. The number of fused-ring (bicyclic) bond motifs is 1. The van der Waals surface area contributed by atoms with Gasteiger partial charge in [0.1, 0.15) is 11.5 Å². The molecule has 0 saturated carbocycles. The molecule has 0 saturated heterocycles. The van der Waals surface area contributed by atoms with Gasteiger partial charge < -0.3 is 10.3 Å². The van der Waals surface area contributed by atoms with Gasteiger partial charge in [0.05, 0.1) is 12.2 Å². The highest BCUT2D eigenvalue weighted by Gasteiger charge is 2.30. The average Bonchev–Trinajstić information content (AvgIpc) is 3.08. The number of aromatic nitrogens is 3. The highest BCUT2D eigenvalue weighted by atomic mass is 19.1. The summed E-state index contributed by atoms with van der Waals surface area (Å²) in [6.07, 6.45) is 3.42. The summed E-state index contributed by atoms with van der Waals surface area (Å²) < 4.78 is 15.3. The van der Waals surface area contributed by atoms with Crippen molar-refractivity contribution in [2.24, 2.45) is 0 Å². The Hall–Kier alpha value is -3.26. The van der Waals surface area contributed by atoms with E-state index < -0.39 is 0 Å². The quantitative estimate of drug-likeness (QED) is 0.752. The molecule has 0 radical (unpaired) electrons. The highest BCUT2D eigenvalue weighted by molar-refractivity contribution is 5.95. The fraction of sp³-hybridized carbons (Fsp3) is 0.250. The molecule has 0 unspecified atom stereocenters. The van der Waals surface area contributed by atoms with Crippen molar-refractivity contribution in [3.8, 4) is 22.5 Å². The van der Waals surface area contributed by atoms with Crippen molar-refractivity contribution in [2.75, 3.05) is 44.1 Å². The van der Waals surface area contributed by atoms with Crippen LogP contribution in [0.25, 0.3) is 22.5 Å². The first kappa shape index (κ1) is 18.1. The Morgan fingerprint density at radius 1 is 1.14 bits per heavy atom. The number of nitrogens with zero attached hydrogens (tertiary/aromatic N) is 5. The van der Waals surface area contributed by atoms with E-state index in [0.29, 0.717) is 31.3 Å². The number of anilines is 1. The van der Waals surface area contributed by atoms with Gasteiger partial charge in [-0.3, -0.25) is 14.7 Å². The van der Waals surface area contributed by atoms with Gasteiger partial charge in [-0.05, 0) is 50.5 Å². The lowest BCUT2D eigenvalue weighted by molar-refractivity contribution is -0.119. The van der Waals surface area contributed by atoms with Gasteiger partial charge in [0.2, 0.25) is 11.9 Å². The second-order valence-electron chi connectivity index (χ2n) is 6.88. The number of hydrogen-bond acceptors (Lipinski definition) is 5. The van der Waals surface area contributed by atoms with Crippen molar-refractivity contribution in [1.82, 2.24) is 19.5 Å². The van der Waals surface area contributed by atoms with E-state index in [-0.39, 0.29) is 11.7 Å². The number of amides is 1. The van der Waals surface area contributed by atoms with Crippen LogP contribution in [0.1, 0.15) is 0 Å². The van der Waals surface area contributed by atoms with Gasteiger partial charge in [-0.1, -0.05) is 0 Å². The molecule has 1 aromatic carbocycles. The summed E-state index contributed by atoms with van der Waals surface area (Å²) in [6, 6.07) is 9.98. The summed E-state index contributed by atoms with van der Waals surface area (Å²) in [5, 5.41) is 0. The van der Waals surface area contributed by atoms with Crippen molar-refractivity contribution >= 4 is 11.9 Å². The van der Waals surface area contributed by atoms with Crippen molar-refractivity contribution in [1.29, 1.82) is 0 Å². The lowest BCUT2D eigenvalue weighted by Crippen LogP contribution is -2.46. The Kier molecular flexibility index (Phi) is 4.79. The zero-order chi connectivity index (χ0) is 19.7. The number of carbonyl (C=O) groups is 1. The number of pyridine rings is 1. The third-order valence-electron chi connectivity index (χ3n) is 4.53. The van der Waals surface area contributed by atoms with Crippen LogP contribution in [0.5, 0.6) is 0 Å². The van der Waals surface area contributed by atoms with E-state index in [0.717, 1.165) is 16.8 Å². The van der Waals surface area contributed by atoms with E-state index in [1.165, 1.54) is 12.1 Å². The SMILES string of the molecule is CN(C)CC(=O)N1CCNn2c1nc(-c1ccc(F)cc1)c2-c1ccncc1. The van der Waals surface area contributed by atoms with Gasteiger partial charge in [0.15, 0.2) is 0 Å². The molecule has 3 aromatic rings. The van der Waals surface area contributed by atoms with Crippen LogP contribution in [-0.2, 0) is 4.79 Å². The normalized spacial score (nSPS) is 13.4. The minimum Gasteiger partial charge on any atom is -0.321 e. The van der Waals surface area contributed by atoms with Crippen LogP contribution in [0, 0.1) is 5.82 Å². The van der Waals surface area contributed by atoms with E-state index in [1.807, 2.05) is 35.8 Å². The van der Waals surface area contributed by atoms with Crippen LogP contribution in [0.3, 0.4) is 0 Å². The fourth-order valence-electron chi connectivity index (χ4n) is 3.29. The van der Waals surface area contributed by atoms with Gasteiger partial charge in [-0.2, -0.15) is 0 Å². The number of likely N-dealkylation sites (N-methyl/N-ethyl adjacent to an activating group) is 1. The number of hydrogen-bond donors (Lipinski definition) is 1. The Labute approximate surface area is 162 Å². The smallest absolute Gasteiger partial charge is 0.243 e. The molecule has 1 amide bonds. The Balaban J connectivity index is 1.88. The minimum absolute atomic E-state index is 0.0234. The summed E-state index contributed by atoms with van der Waals surface area (Å²) >= 11 is 0. The number of halogens is 1. The molecule has 3 heterocycles. The summed E-state index contributed by atoms with van der Waals surface area (Å²) in [6.45, 7) is 1.43. The molecule has 0 bridgehead atoms. The summed E-state index contributed by atoms with van der Waals surface area (Å²) in [5.74, 6) is 0.202. The predicted molar refractivity (Wildman–Crippen MR) is 106 cm³/mol. The van der Waals surface area contributed by atoms with Crippen molar-refractivity contribution < 1.29 is 9.18 Å². The van der Waals surface area contributed by atoms with Crippen LogP contribution in [0.2, 0.25) is 0 Å². The lowest BCUT2D eigenvalue weighted by Gasteiger charge is -2.29. The van der Waals surface area contributed by atoms with Crippen LogP contribution in [0.15, 0.2) is 48.8 Å². The largest absolute Gasteiger partial charge is 0.321 e. The molecule has 144 valence electrons. The molecule has 0 aliphatic carbocycles. The molecule has 0 spiro atoms. The third kappa shape index (κ3) is 3.34. The minimum atomic E-state index is -0.306. The monoisotopic (exact) mass is 380 g/mol. The maximum absolute atomic E-state index is 13.4. The van der Waals surface area contributed by atoms with Crippen molar-refractivity contribution in [2.45, 2.75) is 0 Å². The standard InChI is InChI=1S/C20H21FN6O/c1-25(2)13-17(28)26-12-11-23-27-19(15-7-9-22-10-8-15)18(24-20(26)27)14-3-5-16(21)6-4-14/h3-10,23H,11-13H2,1-2H3. The lowest BCUT2D eigenvalue weighted by atomic mass is 10.1. The first-order chi connectivity index (χ1) is 13.5. The highest BCUT2D eigenvalue weighted by Crippen LogP contribution is 2.35. The third-order valence-corrected chi connectivity index (χ3v) is 4.53. The second kappa shape index (κ2) is 7.40. The van der Waals surface area contributed by atoms with Crippen LogP contribution in [-0.4, -0.2) is 59.2 Å². The first-order valence-corrected chi connectivity index (χ1v) is 9.02. The summed E-state index contributed by atoms with van der Waals surface area (Å²) in [4.78, 5) is 25.1. The van der Waals surface area contributed by atoms with Crippen molar-refractivity contribution in [3.63, 3.8) is 0 Å². The summed E-state index contributed by atoms with van der Waals surface area (Å²) in [7, 11) is 3.72. The van der Waals surface area contributed by atoms with Gasteiger partial charge in [0, 0.05) is 36.6 Å². The molecule has 2 aromatic heterocycles.